The van der Waals surface area contributed by atoms with Gasteiger partial charge < -0.3 is 4.74 Å². The molecule has 2 aromatic carbocycles. The van der Waals surface area contributed by atoms with Crippen molar-refractivity contribution in [2.45, 2.75) is 5.33 Å². The second kappa shape index (κ2) is 6.00. The lowest BCUT2D eigenvalue weighted by Gasteiger charge is -2.12. The number of non-ortho nitro benzene ring substituents is 1. The van der Waals surface area contributed by atoms with Crippen molar-refractivity contribution >= 4 is 21.6 Å². The number of benzene rings is 2. The normalized spacial score (nSPS) is 10.3. The van der Waals surface area contributed by atoms with Crippen molar-refractivity contribution < 1.29 is 14.1 Å². The molecule has 0 aliphatic heterocycles. The molecule has 2 aromatic rings. The summed E-state index contributed by atoms with van der Waals surface area (Å²) in [6.07, 6.45) is 0. The summed E-state index contributed by atoms with van der Waals surface area (Å²) in [4.78, 5) is 10.3. The summed E-state index contributed by atoms with van der Waals surface area (Å²) >= 11 is 3.21. The number of nitrogens with zero attached hydrogens (tertiary/aromatic N) is 1. The minimum absolute atomic E-state index is 0.0896. The van der Waals surface area contributed by atoms with Crippen LogP contribution in [0.4, 0.5) is 10.1 Å². The van der Waals surface area contributed by atoms with Gasteiger partial charge in [0.15, 0.2) is 0 Å². The first-order valence-electron chi connectivity index (χ1n) is 5.74. The van der Waals surface area contributed by atoms with Crippen molar-refractivity contribution in [2.75, 3.05) is 7.11 Å². The summed E-state index contributed by atoms with van der Waals surface area (Å²) in [7, 11) is 1.43. The Bertz CT molecular complexity index is 661. The van der Waals surface area contributed by atoms with E-state index in [4.69, 9.17) is 4.74 Å². The van der Waals surface area contributed by atoms with Crippen molar-refractivity contribution in [3.63, 3.8) is 0 Å². The molecule has 4 nitrogen and oxygen atoms in total. The van der Waals surface area contributed by atoms with Crippen LogP contribution in [0, 0.1) is 15.9 Å². The Kier molecular flexibility index (Phi) is 4.34. The fraction of sp³-hybridized carbons (Fsp3) is 0.143. The van der Waals surface area contributed by atoms with Crippen molar-refractivity contribution in [1.82, 2.24) is 0 Å². The summed E-state index contributed by atoms with van der Waals surface area (Å²) in [5.74, 6) is -0.102. The number of hydrogen-bond donors (Lipinski definition) is 0. The molecule has 2 rings (SSSR count). The molecule has 20 heavy (non-hydrogen) atoms. The van der Waals surface area contributed by atoms with Crippen LogP contribution in [0.5, 0.6) is 5.75 Å². The third-order valence-electron chi connectivity index (χ3n) is 2.89. The van der Waals surface area contributed by atoms with Crippen molar-refractivity contribution in [3.05, 3.63) is 57.9 Å². The van der Waals surface area contributed by atoms with Crippen LogP contribution in [0.25, 0.3) is 11.1 Å². The van der Waals surface area contributed by atoms with Crippen molar-refractivity contribution in [2.24, 2.45) is 0 Å². The quantitative estimate of drug-likeness (QED) is 0.474. The first-order valence-corrected chi connectivity index (χ1v) is 6.86. The predicted octanol–water partition coefficient (Wildman–Crippen LogP) is 4.30. The Hall–Kier alpha value is -1.95. The number of ether oxygens (including phenoxy) is 1. The van der Waals surface area contributed by atoms with Gasteiger partial charge in [-0.3, -0.25) is 10.1 Å². The zero-order valence-corrected chi connectivity index (χ0v) is 12.2. The van der Waals surface area contributed by atoms with Crippen molar-refractivity contribution in [1.29, 1.82) is 0 Å². The van der Waals surface area contributed by atoms with Gasteiger partial charge >= 0.3 is 0 Å². The lowest BCUT2D eigenvalue weighted by molar-refractivity contribution is -0.384. The molecule has 6 heteroatoms. The van der Waals surface area contributed by atoms with Gasteiger partial charge in [-0.1, -0.05) is 34.1 Å². The first-order chi connectivity index (χ1) is 9.58. The molecule has 0 heterocycles. The van der Waals surface area contributed by atoms with Crippen LogP contribution >= 0.6 is 15.9 Å². The highest BCUT2D eigenvalue weighted by atomic mass is 79.9. The van der Waals surface area contributed by atoms with E-state index in [2.05, 4.69) is 15.9 Å². The van der Waals surface area contributed by atoms with E-state index in [1.54, 1.807) is 18.2 Å². The van der Waals surface area contributed by atoms with Gasteiger partial charge in [-0.2, -0.15) is 0 Å². The molecule has 0 fully saturated rings. The van der Waals surface area contributed by atoms with Crippen molar-refractivity contribution in [3.8, 4) is 16.9 Å². The maximum Gasteiger partial charge on any atom is 0.270 e. The van der Waals surface area contributed by atoms with Crippen LogP contribution in [0.2, 0.25) is 0 Å². The molecule has 0 saturated heterocycles. The Morgan fingerprint density at radius 1 is 1.35 bits per heavy atom. The molecule has 0 atom stereocenters. The molecular weight excluding hydrogens is 329 g/mol. The largest absolute Gasteiger partial charge is 0.496 e. The van der Waals surface area contributed by atoms with E-state index in [1.807, 2.05) is 0 Å². The molecule has 0 aliphatic rings. The highest BCUT2D eigenvalue weighted by molar-refractivity contribution is 9.08. The molecule has 0 aromatic heterocycles. The highest BCUT2D eigenvalue weighted by Crippen LogP contribution is 2.36. The zero-order chi connectivity index (χ0) is 14.7. The van der Waals surface area contributed by atoms with E-state index in [1.165, 1.54) is 25.3 Å². The Balaban J connectivity index is 2.67. The molecule has 0 unspecified atom stereocenters. The van der Waals surface area contributed by atoms with Crippen LogP contribution < -0.4 is 4.74 Å². The van der Waals surface area contributed by atoms with E-state index < -0.39 is 10.7 Å². The molecule has 0 bridgehead atoms. The van der Waals surface area contributed by atoms with Gasteiger partial charge in [-0.05, 0) is 17.2 Å². The average molecular weight is 340 g/mol. The summed E-state index contributed by atoms with van der Waals surface area (Å²) in [6.45, 7) is 0. The van der Waals surface area contributed by atoms with Gasteiger partial charge in [-0.25, -0.2) is 4.39 Å². The third-order valence-corrected chi connectivity index (χ3v) is 3.50. The number of halogens is 2. The average Bonchev–Trinajstić information content (AvgIpc) is 2.46. The summed E-state index contributed by atoms with van der Waals surface area (Å²) in [5.41, 5.74) is 1.02. The molecule has 0 amide bonds. The van der Waals surface area contributed by atoms with E-state index >= 15 is 0 Å². The number of nitro groups is 1. The minimum atomic E-state index is -0.512. The smallest absolute Gasteiger partial charge is 0.270 e. The van der Waals surface area contributed by atoms with Crippen LogP contribution in [0.3, 0.4) is 0 Å². The lowest BCUT2D eigenvalue weighted by Crippen LogP contribution is -1.96. The fourth-order valence-corrected chi connectivity index (χ4v) is 2.35. The van der Waals surface area contributed by atoms with Crippen LogP contribution in [0.15, 0.2) is 36.4 Å². The van der Waals surface area contributed by atoms with Gasteiger partial charge in [0, 0.05) is 17.5 Å². The van der Waals surface area contributed by atoms with E-state index in [-0.39, 0.29) is 11.3 Å². The molecule has 104 valence electrons. The SMILES string of the molecule is COc1ccc(CBr)c(F)c1-c1cccc([N+](=O)[O-])c1. The topological polar surface area (TPSA) is 52.4 Å². The molecule has 0 aliphatic carbocycles. The van der Waals surface area contributed by atoms with Crippen LogP contribution in [-0.2, 0) is 5.33 Å². The summed E-state index contributed by atoms with van der Waals surface area (Å²) in [5, 5.41) is 11.2. The predicted molar refractivity (Wildman–Crippen MR) is 77.7 cm³/mol. The van der Waals surface area contributed by atoms with Gasteiger partial charge in [0.1, 0.15) is 11.6 Å². The number of nitro benzene ring substituents is 1. The first kappa shape index (κ1) is 14.5. The summed E-state index contributed by atoms with van der Waals surface area (Å²) < 4.78 is 19.6. The second-order valence-electron chi connectivity index (χ2n) is 4.06. The lowest BCUT2D eigenvalue weighted by atomic mass is 10.0. The maximum absolute atomic E-state index is 14.5. The minimum Gasteiger partial charge on any atom is -0.496 e. The van der Waals surface area contributed by atoms with E-state index in [0.29, 0.717) is 22.2 Å². The fourth-order valence-electron chi connectivity index (χ4n) is 1.92. The number of rotatable bonds is 4. The molecule has 0 saturated carbocycles. The molecule has 0 spiro atoms. The standard InChI is InChI=1S/C14H11BrFNO3/c1-20-12-6-5-10(8-15)14(16)13(12)9-3-2-4-11(7-9)17(18)19/h2-7H,8H2,1H3. The molecule has 0 N–H and O–H groups in total. The van der Waals surface area contributed by atoms with E-state index in [9.17, 15) is 14.5 Å². The van der Waals surface area contributed by atoms with E-state index in [0.717, 1.165) is 0 Å². The zero-order valence-electron chi connectivity index (χ0n) is 10.6. The Morgan fingerprint density at radius 2 is 2.10 bits per heavy atom. The second-order valence-corrected chi connectivity index (χ2v) is 4.62. The van der Waals surface area contributed by atoms with Gasteiger partial charge in [0.05, 0.1) is 17.6 Å². The Labute approximate surface area is 123 Å². The third kappa shape index (κ3) is 2.65. The number of alkyl halides is 1. The van der Waals surface area contributed by atoms with Crippen LogP contribution in [0.1, 0.15) is 5.56 Å². The number of methoxy groups -OCH3 is 1. The highest BCUT2D eigenvalue weighted by Gasteiger charge is 2.17. The molecular formula is C14H11BrFNO3. The van der Waals surface area contributed by atoms with Crippen LogP contribution in [-0.4, -0.2) is 12.0 Å². The van der Waals surface area contributed by atoms with Gasteiger partial charge in [-0.15, -0.1) is 0 Å². The van der Waals surface area contributed by atoms with Gasteiger partial charge in [0.2, 0.25) is 0 Å². The maximum atomic E-state index is 14.5. The molecule has 0 radical (unpaired) electrons. The number of hydrogen-bond acceptors (Lipinski definition) is 3. The van der Waals surface area contributed by atoms with Gasteiger partial charge in [0.25, 0.3) is 5.69 Å². The summed E-state index contributed by atoms with van der Waals surface area (Å²) in [6, 6.07) is 9.10. The Morgan fingerprint density at radius 3 is 2.70 bits per heavy atom. The monoisotopic (exact) mass is 339 g/mol.